The predicted octanol–water partition coefficient (Wildman–Crippen LogP) is 2.67. The summed E-state index contributed by atoms with van der Waals surface area (Å²) >= 11 is 0. The Morgan fingerprint density at radius 3 is 2.43 bits per heavy atom. The molecule has 0 saturated carbocycles. The van der Waals surface area contributed by atoms with E-state index < -0.39 is 11.9 Å². The largest absolute Gasteiger partial charge is 0.507 e. The Labute approximate surface area is 121 Å². The summed E-state index contributed by atoms with van der Waals surface area (Å²) in [6.07, 6.45) is 0. The number of ether oxygens (including phenoxy) is 2. The van der Waals surface area contributed by atoms with Gasteiger partial charge < -0.3 is 14.6 Å². The van der Waals surface area contributed by atoms with E-state index in [2.05, 4.69) is 0 Å². The Hall–Kier alpha value is -2.82. The molecule has 0 aliphatic carbocycles. The molecule has 0 spiro atoms. The van der Waals surface area contributed by atoms with Gasteiger partial charge >= 0.3 is 11.9 Å². The first-order valence-corrected chi connectivity index (χ1v) is 6.29. The minimum absolute atomic E-state index is 0.0156. The van der Waals surface area contributed by atoms with Crippen LogP contribution in [-0.2, 0) is 16.1 Å². The van der Waals surface area contributed by atoms with E-state index in [0.717, 1.165) is 5.56 Å². The Morgan fingerprint density at radius 2 is 1.81 bits per heavy atom. The molecule has 108 valence electrons. The summed E-state index contributed by atoms with van der Waals surface area (Å²) in [5.74, 6) is -1.29. The normalized spacial score (nSPS) is 9.95. The second kappa shape index (κ2) is 6.56. The topological polar surface area (TPSA) is 72.8 Å². The van der Waals surface area contributed by atoms with Crippen LogP contribution in [-0.4, -0.2) is 17.0 Å². The van der Waals surface area contributed by atoms with Crippen molar-refractivity contribution in [3.63, 3.8) is 0 Å². The highest BCUT2D eigenvalue weighted by Crippen LogP contribution is 2.24. The lowest BCUT2D eigenvalue weighted by molar-refractivity contribution is -0.131. The first kappa shape index (κ1) is 14.6. The van der Waals surface area contributed by atoms with Crippen molar-refractivity contribution in [3.8, 4) is 11.5 Å². The lowest BCUT2D eigenvalue weighted by Gasteiger charge is -2.08. The summed E-state index contributed by atoms with van der Waals surface area (Å²) in [4.78, 5) is 22.7. The molecule has 0 aliphatic rings. The number of carbonyl (C=O) groups is 2. The SMILES string of the molecule is CC(=O)Oc1ccc(C(=O)OCc2ccccc2)c(O)c1. The maximum atomic E-state index is 11.9. The number of phenolic OH excluding ortho intramolecular Hbond substituents is 1. The fourth-order valence-electron chi connectivity index (χ4n) is 1.71. The van der Waals surface area contributed by atoms with Crippen LogP contribution in [0.25, 0.3) is 0 Å². The number of rotatable bonds is 4. The zero-order valence-corrected chi connectivity index (χ0v) is 11.4. The van der Waals surface area contributed by atoms with Gasteiger partial charge in [-0.1, -0.05) is 30.3 Å². The average Bonchev–Trinajstić information content (AvgIpc) is 2.45. The van der Waals surface area contributed by atoms with Crippen molar-refractivity contribution in [2.45, 2.75) is 13.5 Å². The quantitative estimate of drug-likeness (QED) is 0.691. The monoisotopic (exact) mass is 286 g/mol. The van der Waals surface area contributed by atoms with Crippen LogP contribution >= 0.6 is 0 Å². The Bertz CT molecular complexity index is 649. The van der Waals surface area contributed by atoms with Gasteiger partial charge in [0, 0.05) is 13.0 Å². The van der Waals surface area contributed by atoms with Gasteiger partial charge in [0.15, 0.2) is 0 Å². The van der Waals surface area contributed by atoms with E-state index in [1.807, 2.05) is 30.3 Å². The van der Waals surface area contributed by atoms with Gasteiger partial charge in [-0.15, -0.1) is 0 Å². The van der Waals surface area contributed by atoms with Crippen molar-refractivity contribution in [2.75, 3.05) is 0 Å². The van der Waals surface area contributed by atoms with Gasteiger partial charge in [-0.2, -0.15) is 0 Å². The summed E-state index contributed by atoms with van der Waals surface area (Å²) in [5, 5.41) is 9.78. The highest BCUT2D eigenvalue weighted by Gasteiger charge is 2.14. The highest BCUT2D eigenvalue weighted by molar-refractivity contribution is 5.92. The zero-order chi connectivity index (χ0) is 15.2. The number of hydrogen-bond acceptors (Lipinski definition) is 5. The van der Waals surface area contributed by atoms with E-state index in [1.165, 1.54) is 25.1 Å². The molecule has 0 radical (unpaired) electrons. The average molecular weight is 286 g/mol. The summed E-state index contributed by atoms with van der Waals surface area (Å²) in [7, 11) is 0. The van der Waals surface area contributed by atoms with Crippen LogP contribution in [0.2, 0.25) is 0 Å². The molecular formula is C16H14O5. The van der Waals surface area contributed by atoms with Gasteiger partial charge in [0.25, 0.3) is 0 Å². The molecule has 0 bridgehead atoms. The molecule has 0 aromatic heterocycles. The van der Waals surface area contributed by atoms with Crippen molar-refractivity contribution < 1.29 is 24.2 Å². The first-order valence-electron chi connectivity index (χ1n) is 6.29. The van der Waals surface area contributed by atoms with Crippen LogP contribution < -0.4 is 4.74 Å². The van der Waals surface area contributed by atoms with Crippen LogP contribution in [0.3, 0.4) is 0 Å². The molecule has 21 heavy (non-hydrogen) atoms. The molecule has 5 nitrogen and oxygen atoms in total. The molecular weight excluding hydrogens is 272 g/mol. The molecule has 0 unspecified atom stereocenters. The van der Waals surface area contributed by atoms with E-state index in [1.54, 1.807) is 0 Å². The molecule has 2 aromatic carbocycles. The minimum Gasteiger partial charge on any atom is -0.507 e. The third kappa shape index (κ3) is 4.07. The molecule has 0 saturated heterocycles. The minimum atomic E-state index is -0.647. The van der Waals surface area contributed by atoms with Crippen LogP contribution in [0.15, 0.2) is 48.5 Å². The van der Waals surface area contributed by atoms with Crippen molar-refractivity contribution in [3.05, 3.63) is 59.7 Å². The maximum absolute atomic E-state index is 11.9. The van der Waals surface area contributed by atoms with Crippen molar-refractivity contribution in [2.24, 2.45) is 0 Å². The number of benzene rings is 2. The summed E-state index contributed by atoms with van der Waals surface area (Å²) < 4.78 is 9.92. The molecule has 0 amide bonds. The van der Waals surface area contributed by atoms with Gasteiger partial charge in [0.05, 0.1) is 0 Å². The van der Waals surface area contributed by atoms with Gasteiger partial charge in [-0.3, -0.25) is 4.79 Å². The van der Waals surface area contributed by atoms with E-state index in [4.69, 9.17) is 9.47 Å². The summed E-state index contributed by atoms with van der Waals surface area (Å²) in [6.45, 7) is 1.36. The zero-order valence-electron chi connectivity index (χ0n) is 11.4. The molecule has 5 heteroatoms. The first-order chi connectivity index (χ1) is 10.1. The predicted molar refractivity (Wildman–Crippen MR) is 75.0 cm³/mol. The number of carbonyl (C=O) groups excluding carboxylic acids is 2. The third-order valence-electron chi connectivity index (χ3n) is 2.66. The van der Waals surface area contributed by atoms with E-state index in [-0.39, 0.29) is 23.7 Å². The van der Waals surface area contributed by atoms with Crippen LogP contribution in [0.5, 0.6) is 11.5 Å². The van der Waals surface area contributed by atoms with Crippen LogP contribution in [0.4, 0.5) is 0 Å². The molecule has 2 aromatic rings. The van der Waals surface area contributed by atoms with Crippen LogP contribution in [0, 0.1) is 0 Å². The summed E-state index contributed by atoms with van der Waals surface area (Å²) in [5.41, 5.74) is 0.865. The van der Waals surface area contributed by atoms with Gasteiger partial charge in [-0.25, -0.2) is 4.79 Å². The Balaban J connectivity index is 2.04. The summed E-state index contributed by atoms with van der Waals surface area (Å²) in [6, 6.07) is 13.2. The fourth-order valence-corrected chi connectivity index (χ4v) is 1.71. The second-order valence-electron chi connectivity index (χ2n) is 4.33. The number of esters is 2. The van der Waals surface area contributed by atoms with E-state index in [0.29, 0.717) is 0 Å². The number of aromatic hydroxyl groups is 1. The van der Waals surface area contributed by atoms with Gasteiger partial charge in [0.1, 0.15) is 23.7 Å². The van der Waals surface area contributed by atoms with Gasteiger partial charge in [-0.05, 0) is 17.7 Å². The van der Waals surface area contributed by atoms with Gasteiger partial charge in [0.2, 0.25) is 0 Å². The van der Waals surface area contributed by atoms with Crippen molar-refractivity contribution in [1.82, 2.24) is 0 Å². The number of phenols is 1. The van der Waals surface area contributed by atoms with E-state index in [9.17, 15) is 14.7 Å². The molecule has 2 rings (SSSR count). The second-order valence-corrected chi connectivity index (χ2v) is 4.33. The fraction of sp³-hybridized carbons (Fsp3) is 0.125. The molecule has 0 heterocycles. The smallest absolute Gasteiger partial charge is 0.342 e. The molecule has 0 fully saturated rings. The Kier molecular flexibility index (Phi) is 4.56. The van der Waals surface area contributed by atoms with Crippen molar-refractivity contribution >= 4 is 11.9 Å². The lowest BCUT2D eigenvalue weighted by atomic mass is 10.2. The van der Waals surface area contributed by atoms with E-state index >= 15 is 0 Å². The third-order valence-corrected chi connectivity index (χ3v) is 2.66. The molecule has 0 aliphatic heterocycles. The maximum Gasteiger partial charge on any atom is 0.342 e. The number of hydrogen-bond donors (Lipinski definition) is 1. The Morgan fingerprint density at radius 1 is 1.10 bits per heavy atom. The van der Waals surface area contributed by atoms with Crippen molar-refractivity contribution in [1.29, 1.82) is 0 Å². The molecule has 0 atom stereocenters. The highest BCUT2D eigenvalue weighted by atomic mass is 16.5. The standard InChI is InChI=1S/C16H14O5/c1-11(17)21-13-7-8-14(15(18)9-13)16(19)20-10-12-5-3-2-4-6-12/h2-9,18H,10H2,1H3. The lowest BCUT2D eigenvalue weighted by Crippen LogP contribution is -2.06. The molecule has 1 N–H and O–H groups in total. The van der Waals surface area contributed by atoms with Crippen LogP contribution in [0.1, 0.15) is 22.8 Å².